The van der Waals surface area contributed by atoms with Crippen LogP contribution in [0, 0.1) is 6.92 Å². The van der Waals surface area contributed by atoms with Gasteiger partial charge < -0.3 is 14.8 Å². The quantitative estimate of drug-likeness (QED) is 0.588. The lowest BCUT2D eigenvalue weighted by atomic mass is 10.1. The smallest absolute Gasteiger partial charge is 0.338 e. The fraction of sp³-hybridized carbons (Fsp3) is 0.286. The van der Waals surface area contributed by atoms with Crippen LogP contribution in [0.1, 0.15) is 23.0 Å². The number of pyridine rings is 1. The molecule has 0 saturated heterocycles. The molecule has 0 aliphatic rings. The first-order valence-corrected chi connectivity index (χ1v) is 9.49. The molecule has 0 unspecified atom stereocenters. The number of carbonyl (C=O) groups excluding carboxylic acids is 2. The van der Waals surface area contributed by atoms with Crippen molar-refractivity contribution < 1.29 is 19.1 Å². The highest BCUT2D eigenvalue weighted by Gasteiger charge is 2.21. The number of esters is 1. The van der Waals surface area contributed by atoms with Crippen molar-refractivity contribution in [2.75, 3.05) is 19.0 Å². The summed E-state index contributed by atoms with van der Waals surface area (Å²) in [6, 6.07) is 8.08. The second kappa shape index (κ2) is 8.82. The van der Waals surface area contributed by atoms with E-state index in [-0.39, 0.29) is 16.6 Å². The molecular formula is C21H22N4O6. The van der Waals surface area contributed by atoms with Crippen LogP contribution in [0.2, 0.25) is 0 Å². The monoisotopic (exact) mass is 426 g/mol. The number of hydrogen-bond donors (Lipinski definition) is 1. The number of benzene rings is 1. The lowest BCUT2D eigenvalue weighted by molar-refractivity contribution is -0.116. The fourth-order valence-electron chi connectivity index (χ4n) is 3.16. The van der Waals surface area contributed by atoms with Gasteiger partial charge >= 0.3 is 11.7 Å². The predicted molar refractivity (Wildman–Crippen MR) is 114 cm³/mol. The summed E-state index contributed by atoms with van der Waals surface area (Å²) in [6.07, 6.45) is 0. The van der Waals surface area contributed by atoms with Gasteiger partial charge in [-0.15, -0.1) is 0 Å². The lowest BCUT2D eigenvalue weighted by Gasteiger charge is -2.13. The molecule has 1 N–H and O–H groups in total. The number of nitrogens with one attached hydrogen (secondary N) is 1. The molecule has 10 nitrogen and oxygen atoms in total. The number of ether oxygens (including phenoxy) is 2. The average Bonchev–Trinajstić information content (AvgIpc) is 2.75. The summed E-state index contributed by atoms with van der Waals surface area (Å²) in [6.45, 7) is 3.47. The SMILES string of the molecule is CCOc1ccc(NC(=O)Cn2c(=O)c3c(C(=O)OC)cc(C)nc3n(C)c2=O)cc1. The van der Waals surface area contributed by atoms with Gasteiger partial charge in [-0.3, -0.25) is 18.7 Å². The number of methoxy groups -OCH3 is 1. The number of amides is 1. The molecule has 0 saturated carbocycles. The number of carbonyl (C=O) groups is 2. The molecule has 0 aliphatic heterocycles. The zero-order valence-corrected chi connectivity index (χ0v) is 17.6. The number of hydrogen-bond acceptors (Lipinski definition) is 7. The van der Waals surface area contributed by atoms with Gasteiger partial charge in [0.15, 0.2) is 0 Å². The molecular weight excluding hydrogens is 404 g/mol. The maximum Gasteiger partial charge on any atom is 0.338 e. The van der Waals surface area contributed by atoms with E-state index in [0.717, 1.165) is 9.13 Å². The zero-order valence-electron chi connectivity index (χ0n) is 17.6. The molecule has 3 rings (SSSR count). The van der Waals surface area contributed by atoms with Crippen LogP contribution in [0.4, 0.5) is 5.69 Å². The van der Waals surface area contributed by atoms with Crippen LogP contribution in [0.5, 0.6) is 5.75 Å². The number of aryl methyl sites for hydroxylation is 2. The Morgan fingerprint density at radius 3 is 2.45 bits per heavy atom. The third-order valence-electron chi connectivity index (χ3n) is 4.58. The summed E-state index contributed by atoms with van der Waals surface area (Å²) in [5.74, 6) is -0.669. The van der Waals surface area contributed by atoms with Gasteiger partial charge in [0.2, 0.25) is 5.91 Å². The molecule has 1 amide bonds. The van der Waals surface area contributed by atoms with Crippen LogP contribution in [-0.2, 0) is 23.1 Å². The largest absolute Gasteiger partial charge is 0.494 e. The number of fused-ring (bicyclic) bond motifs is 1. The van der Waals surface area contributed by atoms with Crippen LogP contribution in [0.25, 0.3) is 11.0 Å². The number of aromatic nitrogens is 3. The van der Waals surface area contributed by atoms with Gasteiger partial charge in [0.25, 0.3) is 5.56 Å². The third kappa shape index (κ3) is 4.32. The van der Waals surface area contributed by atoms with Crippen LogP contribution >= 0.6 is 0 Å². The second-order valence-electron chi connectivity index (χ2n) is 6.74. The Balaban J connectivity index is 2.01. The molecule has 10 heteroatoms. The molecule has 0 aliphatic carbocycles. The van der Waals surface area contributed by atoms with Gasteiger partial charge in [-0.25, -0.2) is 14.6 Å². The van der Waals surface area contributed by atoms with Gasteiger partial charge in [0.1, 0.15) is 17.9 Å². The number of rotatable bonds is 6. The molecule has 0 fully saturated rings. The van der Waals surface area contributed by atoms with Gasteiger partial charge in [-0.05, 0) is 44.2 Å². The van der Waals surface area contributed by atoms with E-state index in [0.29, 0.717) is 23.7 Å². The van der Waals surface area contributed by atoms with Crippen molar-refractivity contribution in [1.29, 1.82) is 0 Å². The van der Waals surface area contributed by atoms with Crippen molar-refractivity contribution in [3.8, 4) is 5.75 Å². The molecule has 31 heavy (non-hydrogen) atoms. The first-order valence-electron chi connectivity index (χ1n) is 9.49. The minimum absolute atomic E-state index is 0.0220. The minimum Gasteiger partial charge on any atom is -0.494 e. The van der Waals surface area contributed by atoms with Crippen LogP contribution in [-0.4, -0.2) is 39.7 Å². The van der Waals surface area contributed by atoms with Crippen molar-refractivity contribution in [1.82, 2.24) is 14.1 Å². The van der Waals surface area contributed by atoms with Crippen molar-refractivity contribution in [2.24, 2.45) is 7.05 Å². The Hall–Kier alpha value is -3.95. The molecule has 0 radical (unpaired) electrons. The summed E-state index contributed by atoms with van der Waals surface area (Å²) in [5, 5.41) is 2.54. The lowest BCUT2D eigenvalue weighted by Crippen LogP contribution is -2.42. The van der Waals surface area contributed by atoms with E-state index in [1.807, 2.05) is 6.92 Å². The Morgan fingerprint density at radius 1 is 1.16 bits per heavy atom. The third-order valence-corrected chi connectivity index (χ3v) is 4.58. The van der Waals surface area contributed by atoms with Crippen molar-refractivity contribution in [2.45, 2.75) is 20.4 Å². The summed E-state index contributed by atoms with van der Waals surface area (Å²) in [5.41, 5.74) is -0.592. The normalized spacial score (nSPS) is 10.7. The van der Waals surface area contributed by atoms with E-state index in [1.165, 1.54) is 20.2 Å². The van der Waals surface area contributed by atoms with Crippen LogP contribution in [0.15, 0.2) is 39.9 Å². The summed E-state index contributed by atoms with van der Waals surface area (Å²) in [4.78, 5) is 54.7. The van der Waals surface area contributed by atoms with Gasteiger partial charge in [-0.2, -0.15) is 0 Å². The fourth-order valence-corrected chi connectivity index (χ4v) is 3.16. The van der Waals surface area contributed by atoms with Crippen LogP contribution in [0.3, 0.4) is 0 Å². The Labute approximate surface area is 177 Å². The van der Waals surface area contributed by atoms with E-state index in [4.69, 9.17) is 9.47 Å². The highest BCUT2D eigenvalue weighted by Crippen LogP contribution is 2.16. The summed E-state index contributed by atoms with van der Waals surface area (Å²) in [7, 11) is 2.60. The standard InChI is InChI=1S/C21H22N4O6/c1-5-31-14-8-6-13(7-9-14)23-16(26)11-25-19(27)17-15(20(28)30-4)10-12(2)22-18(17)24(3)21(25)29/h6-10H,5,11H2,1-4H3,(H,23,26). The Morgan fingerprint density at radius 2 is 1.84 bits per heavy atom. The maximum absolute atomic E-state index is 13.1. The first kappa shape index (κ1) is 21.8. The van der Waals surface area contributed by atoms with E-state index in [9.17, 15) is 19.2 Å². The van der Waals surface area contributed by atoms with Gasteiger partial charge in [-0.1, -0.05) is 0 Å². The molecule has 0 spiro atoms. The predicted octanol–water partition coefficient (Wildman–Crippen LogP) is 1.23. The molecule has 0 atom stereocenters. The summed E-state index contributed by atoms with van der Waals surface area (Å²) < 4.78 is 12.0. The molecule has 2 heterocycles. The van der Waals surface area contributed by atoms with Crippen molar-refractivity contribution in [3.63, 3.8) is 0 Å². The molecule has 0 bridgehead atoms. The molecule has 162 valence electrons. The maximum atomic E-state index is 13.1. The molecule has 1 aromatic carbocycles. The van der Waals surface area contributed by atoms with E-state index in [2.05, 4.69) is 10.3 Å². The van der Waals surface area contributed by atoms with Crippen LogP contribution < -0.4 is 21.3 Å². The van der Waals surface area contributed by atoms with Crippen molar-refractivity contribution in [3.05, 3.63) is 62.4 Å². The Bertz CT molecular complexity index is 1270. The number of anilines is 1. The zero-order chi connectivity index (χ0) is 22.7. The number of nitrogens with zero attached hydrogens (tertiary/aromatic N) is 3. The molecule has 3 aromatic rings. The van der Waals surface area contributed by atoms with Crippen molar-refractivity contribution >= 4 is 28.6 Å². The van der Waals surface area contributed by atoms with Gasteiger partial charge in [0.05, 0.1) is 24.7 Å². The average molecular weight is 426 g/mol. The summed E-state index contributed by atoms with van der Waals surface area (Å²) >= 11 is 0. The highest BCUT2D eigenvalue weighted by molar-refractivity contribution is 6.02. The second-order valence-corrected chi connectivity index (χ2v) is 6.74. The first-order chi connectivity index (χ1) is 14.8. The topological polar surface area (TPSA) is 122 Å². The van der Waals surface area contributed by atoms with E-state index in [1.54, 1.807) is 31.2 Å². The van der Waals surface area contributed by atoms with E-state index < -0.39 is 29.7 Å². The van der Waals surface area contributed by atoms with E-state index >= 15 is 0 Å². The van der Waals surface area contributed by atoms with Gasteiger partial charge in [0, 0.05) is 18.4 Å². The Kier molecular flexibility index (Phi) is 6.19. The highest BCUT2D eigenvalue weighted by atomic mass is 16.5. The molecule has 2 aromatic heterocycles. The minimum atomic E-state index is -0.798.